The third-order valence-corrected chi connectivity index (χ3v) is 4.56. The molecular formula is C6H10OS2. The number of rotatable bonds is 1. The molecule has 1 nitrogen and oxygen atoms in total. The Kier molecular flexibility index (Phi) is 2.47. The Bertz CT molecular complexity index is 124. The molecule has 0 aliphatic carbocycles. The SMILES string of the molecule is CC(=O)C1SCS[C@@H]1C. The molecule has 1 heterocycles. The number of carbonyl (C=O) groups is 1. The lowest BCUT2D eigenvalue weighted by atomic mass is 10.2. The van der Waals surface area contributed by atoms with Gasteiger partial charge in [0.25, 0.3) is 0 Å². The summed E-state index contributed by atoms with van der Waals surface area (Å²) in [5.41, 5.74) is 0. The lowest BCUT2D eigenvalue weighted by Gasteiger charge is -2.07. The van der Waals surface area contributed by atoms with Gasteiger partial charge in [0.2, 0.25) is 0 Å². The van der Waals surface area contributed by atoms with Gasteiger partial charge in [-0.25, -0.2) is 0 Å². The van der Waals surface area contributed by atoms with Crippen LogP contribution >= 0.6 is 23.5 Å². The molecular weight excluding hydrogens is 152 g/mol. The molecule has 1 fully saturated rings. The zero-order chi connectivity index (χ0) is 6.85. The fourth-order valence-corrected chi connectivity index (χ4v) is 3.99. The van der Waals surface area contributed by atoms with E-state index in [0.717, 1.165) is 5.08 Å². The lowest BCUT2D eigenvalue weighted by molar-refractivity contribution is -0.116. The minimum absolute atomic E-state index is 0.273. The maximum Gasteiger partial charge on any atom is 0.143 e. The van der Waals surface area contributed by atoms with Crippen LogP contribution in [0, 0.1) is 0 Å². The van der Waals surface area contributed by atoms with E-state index in [1.54, 1.807) is 18.7 Å². The number of carbonyl (C=O) groups excluding carboxylic acids is 1. The van der Waals surface area contributed by atoms with Crippen molar-refractivity contribution in [1.82, 2.24) is 0 Å². The second-order valence-electron chi connectivity index (χ2n) is 2.19. The molecule has 1 aliphatic rings. The van der Waals surface area contributed by atoms with Crippen LogP contribution in [0.15, 0.2) is 0 Å². The maximum absolute atomic E-state index is 10.8. The van der Waals surface area contributed by atoms with Gasteiger partial charge < -0.3 is 0 Å². The smallest absolute Gasteiger partial charge is 0.143 e. The fraction of sp³-hybridized carbons (Fsp3) is 0.833. The van der Waals surface area contributed by atoms with E-state index in [9.17, 15) is 4.79 Å². The van der Waals surface area contributed by atoms with Crippen molar-refractivity contribution in [2.24, 2.45) is 0 Å². The summed E-state index contributed by atoms with van der Waals surface area (Å²) in [5.74, 6) is 0.331. The summed E-state index contributed by atoms with van der Waals surface area (Å²) in [6, 6.07) is 0. The van der Waals surface area contributed by atoms with Crippen molar-refractivity contribution >= 4 is 29.3 Å². The molecule has 1 aliphatic heterocycles. The molecule has 0 aromatic rings. The second kappa shape index (κ2) is 2.97. The molecule has 3 heteroatoms. The number of Topliss-reactive ketones (excluding diaryl/α,β-unsaturated/α-hetero) is 1. The molecule has 52 valence electrons. The molecule has 0 spiro atoms. The predicted molar refractivity (Wildman–Crippen MR) is 44.0 cm³/mol. The normalized spacial score (nSPS) is 34.9. The average molecular weight is 162 g/mol. The number of hydrogen-bond acceptors (Lipinski definition) is 3. The van der Waals surface area contributed by atoms with Crippen LogP contribution in [0.4, 0.5) is 0 Å². The summed E-state index contributed by atoms with van der Waals surface area (Å²) in [4.78, 5) is 10.8. The van der Waals surface area contributed by atoms with Crippen LogP contribution in [0.5, 0.6) is 0 Å². The van der Waals surface area contributed by atoms with E-state index < -0.39 is 0 Å². The largest absolute Gasteiger partial charge is 0.299 e. The highest BCUT2D eigenvalue weighted by Crippen LogP contribution is 2.36. The summed E-state index contributed by atoms with van der Waals surface area (Å²) >= 11 is 3.65. The van der Waals surface area contributed by atoms with Gasteiger partial charge in [0, 0.05) is 10.3 Å². The van der Waals surface area contributed by atoms with E-state index in [0.29, 0.717) is 11.0 Å². The lowest BCUT2D eigenvalue weighted by Crippen LogP contribution is -2.19. The first-order valence-corrected chi connectivity index (χ1v) is 5.05. The molecule has 0 radical (unpaired) electrons. The molecule has 2 atom stereocenters. The minimum Gasteiger partial charge on any atom is -0.299 e. The molecule has 0 N–H and O–H groups in total. The zero-order valence-electron chi connectivity index (χ0n) is 5.59. The molecule has 1 rings (SSSR count). The average Bonchev–Trinajstić information content (AvgIpc) is 2.13. The zero-order valence-corrected chi connectivity index (χ0v) is 7.22. The van der Waals surface area contributed by atoms with Crippen molar-refractivity contribution in [3.05, 3.63) is 0 Å². The van der Waals surface area contributed by atoms with Crippen LogP contribution in [-0.4, -0.2) is 21.4 Å². The molecule has 0 saturated carbocycles. The van der Waals surface area contributed by atoms with Crippen LogP contribution in [0.3, 0.4) is 0 Å². The fourth-order valence-electron chi connectivity index (χ4n) is 0.891. The monoisotopic (exact) mass is 162 g/mol. The molecule has 1 unspecified atom stereocenters. The molecule has 0 bridgehead atoms. The van der Waals surface area contributed by atoms with Gasteiger partial charge in [-0.3, -0.25) is 4.79 Å². The van der Waals surface area contributed by atoms with Crippen molar-refractivity contribution in [3.63, 3.8) is 0 Å². The standard InChI is InChI=1S/C6H10OS2/c1-4(7)6-5(2)8-3-9-6/h5-6H,3H2,1-2H3/t5-,6?/m1/s1. The van der Waals surface area contributed by atoms with E-state index in [2.05, 4.69) is 6.92 Å². The first-order valence-electron chi connectivity index (χ1n) is 2.95. The van der Waals surface area contributed by atoms with Crippen LogP contribution in [0.25, 0.3) is 0 Å². The van der Waals surface area contributed by atoms with E-state index in [1.165, 1.54) is 0 Å². The van der Waals surface area contributed by atoms with Gasteiger partial charge in [0.15, 0.2) is 0 Å². The van der Waals surface area contributed by atoms with Crippen molar-refractivity contribution in [2.75, 3.05) is 5.08 Å². The van der Waals surface area contributed by atoms with Gasteiger partial charge in [0.1, 0.15) is 5.78 Å². The second-order valence-corrected chi connectivity index (χ2v) is 5.05. The summed E-state index contributed by atoms with van der Waals surface area (Å²) in [5, 5.41) is 1.90. The Hall–Kier alpha value is 0.370. The van der Waals surface area contributed by atoms with Crippen molar-refractivity contribution < 1.29 is 4.79 Å². The van der Waals surface area contributed by atoms with Crippen LogP contribution in [0.2, 0.25) is 0 Å². The first-order chi connectivity index (χ1) is 4.22. The Balaban J connectivity index is 2.49. The Morgan fingerprint density at radius 2 is 2.22 bits per heavy atom. The van der Waals surface area contributed by atoms with Gasteiger partial charge in [-0.15, -0.1) is 23.5 Å². The van der Waals surface area contributed by atoms with Crippen molar-refractivity contribution in [2.45, 2.75) is 24.3 Å². The van der Waals surface area contributed by atoms with E-state index in [4.69, 9.17) is 0 Å². The third-order valence-electron chi connectivity index (χ3n) is 1.41. The summed E-state index contributed by atoms with van der Waals surface area (Å²) in [6.45, 7) is 3.80. The highest BCUT2D eigenvalue weighted by atomic mass is 32.2. The van der Waals surface area contributed by atoms with Crippen molar-refractivity contribution in [3.8, 4) is 0 Å². The van der Waals surface area contributed by atoms with Crippen LogP contribution < -0.4 is 0 Å². The predicted octanol–water partition coefficient (Wildman–Crippen LogP) is 1.77. The number of thioether (sulfide) groups is 2. The molecule has 0 aromatic carbocycles. The number of hydrogen-bond donors (Lipinski definition) is 0. The quantitative estimate of drug-likeness (QED) is 0.585. The van der Waals surface area contributed by atoms with E-state index in [-0.39, 0.29) is 5.25 Å². The van der Waals surface area contributed by atoms with Gasteiger partial charge in [-0.05, 0) is 6.92 Å². The first kappa shape index (κ1) is 7.48. The van der Waals surface area contributed by atoms with Crippen LogP contribution in [-0.2, 0) is 4.79 Å². The highest BCUT2D eigenvalue weighted by Gasteiger charge is 2.27. The van der Waals surface area contributed by atoms with Crippen molar-refractivity contribution in [1.29, 1.82) is 0 Å². The Morgan fingerprint density at radius 1 is 1.56 bits per heavy atom. The highest BCUT2D eigenvalue weighted by molar-refractivity contribution is 8.20. The topological polar surface area (TPSA) is 17.1 Å². The van der Waals surface area contributed by atoms with Gasteiger partial charge >= 0.3 is 0 Å². The van der Waals surface area contributed by atoms with Gasteiger partial charge in [-0.2, -0.15) is 0 Å². The van der Waals surface area contributed by atoms with Gasteiger partial charge in [0.05, 0.1) is 5.25 Å². The third kappa shape index (κ3) is 1.64. The molecule has 1 saturated heterocycles. The minimum atomic E-state index is 0.273. The Morgan fingerprint density at radius 3 is 2.44 bits per heavy atom. The molecule has 9 heavy (non-hydrogen) atoms. The maximum atomic E-state index is 10.8. The van der Waals surface area contributed by atoms with E-state index >= 15 is 0 Å². The summed E-state index contributed by atoms with van der Waals surface area (Å²) in [7, 11) is 0. The summed E-state index contributed by atoms with van der Waals surface area (Å²) < 4.78 is 0. The number of ketones is 1. The van der Waals surface area contributed by atoms with Crippen LogP contribution in [0.1, 0.15) is 13.8 Å². The van der Waals surface area contributed by atoms with Gasteiger partial charge in [-0.1, -0.05) is 6.92 Å². The molecule has 0 aromatic heterocycles. The Labute approximate surface area is 64.0 Å². The molecule has 0 amide bonds. The van der Waals surface area contributed by atoms with E-state index in [1.807, 2.05) is 11.8 Å². The summed E-state index contributed by atoms with van der Waals surface area (Å²) in [6.07, 6.45) is 0.